The number of amides is 2. The maximum atomic E-state index is 12.6. The van der Waals surface area contributed by atoms with E-state index in [1.807, 2.05) is 24.3 Å². The maximum absolute atomic E-state index is 12.6. The topological polar surface area (TPSA) is 105 Å². The predicted molar refractivity (Wildman–Crippen MR) is 133 cm³/mol. The highest BCUT2D eigenvalue weighted by Crippen LogP contribution is 2.44. The van der Waals surface area contributed by atoms with Gasteiger partial charge in [-0.3, -0.25) is 4.79 Å². The molecule has 2 aliphatic rings. The first kappa shape index (κ1) is 24.8. The molecule has 1 fully saturated rings. The van der Waals surface area contributed by atoms with Gasteiger partial charge in [-0.25, -0.2) is 9.59 Å². The maximum Gasteiger partial charge on any atom is 0.407 e. The van der Waals surface area contributed by atoms with Crippen LogP contribution in [-0.4, -0.2) is 42.3 Å². The van der Waals surface area contributed by atoms with Gasteiger partial charge in [-0.05, 0) is 40.5 Å². The van der Waals surface area contributed by atoms with Crippen LogP contribution in [0.2, 0.25) is 0 Å². The van der Waals surface area contributed by atoms with Gasteiger partial charge in [0, 0.05) is 18.9 Å². The molecular weight excluding hydrogens is 444 g/mol. The molecule has 7 heteroatoms. The molecule has 0 aliphatic heterocycles. The zero-order chi connectivity index (χ0) is 24.8. The number of aliphatic carboxylic acids is 1. The Bertz CT molecular complexity index is 1020. The van der Waals surface area contributed by atoms with Crippen LogP contribution in [0.5, 0.6) is 0 Å². The van der Waals surface area contributed by atoms with Crippen molar-refractivity contribution >= 4 is 18.0 Å². The summed E-state index contributed by atoms with van der Waals surface area (Å²) < 4.78 is 5.64. The minimum absolute atomic E-state index is 0.00782. The Labute approximate surface area is 206 Å². The number of carboxylic acid groups (broad SMARTS) is 1. The molecule has 7 nitrogen and oxygen atoms in total. The molecule has 0 radical (unpaired) electrons. The Morgan fingerprint density at radius 3 is 2.17 bits per heavy atom. The third-order valence-corrected chi connectivity index (χ3v) is 7.41. The first-order valence-corrected chi connectivity index (χ1v) is 12.6. The molecule has 2 aromatic carbocycles. The van der Waals surface area contributed by atoms with Crippen LogP contribution in [0.1, 0.15) is 62.5 Å². The van der Waals surface area contributed by atoms with Crippen LogP contribution < -0.4 is 10.6 Å². The summed E-state index contributed by atoms with van der Waals surface area (Å²) in [6, 6.07) is 15.5. The highest BCUT2D eigenvalue weighted by Gasteiger charge is 2.31. The van der Waals surface area contributed by atoms with E-state index in [1.54, 1.807) is 6.92 Å². The van der Waals surface area contributed by atoms with Gasteiger partial charge in [-0.1, -0.05) is 81.1 Å². The van der Waals surface area contributed by atoms with Gasteiger partial charge < -0.3 is 20.5 Å². The van der Waals surface area contributed by atoms with Crippen LogP contribution >= 0.6 is 0 Å². The predicted octanol–water partition coefficient (Wildman–Crippen LogP) is 4.70. The van der Waals surface area contributed by atoms with Crippen molar-refractivity contribution in [3.63, 3.8) is 0 Å². The van der Waals surface area contributed by atoms with Crippen molar-refractivity contribution < 1.29 is 24.2 Å². The van der Waals surface area contributed by atoms with Gasteiger partial charge in [-0.15, -0.1) is 0 Å². The number of carbonyl (C=O) groups is 3. The Hall–Kier alpha value is -3.35. The summed E-state index contributed by atoms with van der Waals surface area (Å²) in [4.78, 5) is 36.4. The largest absolute Gasteiger partial charge is 0.480 e. The summed E-state index contributed by atoms with van der Waals surface area (Å²) in [7, 11) is 0. The summed E-state index contributed by atoms with van der Waals surface area (Å²) >= 11 is 0. The lowest BCUT2D eigenvalue weighted by Gasteiger charge is -2.24. The van der Waals surface area contributed by atoms with Crippen LogP contribution in [-0.2, 0) is 14.3 Å². The second kappa shape index (κ2) is 11.4. The van der Waals surface area contributed by atoms with E-state index in [4.69, 9.17) is 4.74 Å². The van der Waals surface area contributed by atoms with E-state index >= 15 is 0 Å². The van der Waals surface area contributed by atoms with Gasteiger partial charge in [0.05, 0.1) is 0 Å². The number of alkyl carbamates (subject to hydrolysis) is 1. The molecule has 2 amide bonds. The van der Waals surface area contributed by atoms with Crippen molar-refractivity contribution in [1.29, 1.82) is 0 Å². The third-order valence-electron chi connectivity index (χ3n) is 7.41. The van der Waals surface area contributed by atoms with Crippen LogP contribution in [0.25, 0.3) is 11.1 Å². The second-order valence-electron chi connectivity index (χ2n) is 9.58. The summed E-state index contributed by atoms with van der Waals surface area (Å²) in [6.07, 6.45) is 4.28. The number of hydrogen-bond donors (Lipinski definition) is 3. The molecule has 3 N–H and O–H groups in total. The molecule has 35 heavy (non-hydrogen) atoms. The average molecular weight is 479 g/mol. The number of carboxylic acids is 1. The van der Waals surface area contributed by atoms with Gasteiger partial charge in [0.25, 0.3) is 0 Å². The summed E-state index contributed by atoms with van der Waals surface area (Å²) in [6.45, 7) is 2.30. The van der Waals surface area contributed by atoms with Crippen molar-refractivity contribution in [1.82, 2.24) is 10.6 Å². The molecule has 0 saturated heterocycles. The Balaban J connectivity index is 1.33. The molecule has 2 atom stereocenters. The second-order valence-corrected chi connectivity index (χ2v) is 9.58. The number of fused-ring (bicyclic) bond motifs is 3. The van der Waals surface area contributed by atoms with Gasteiger partial charge in [0.2, 0.25) is 5.91 Å². The Morgan fingerprint density at radius 2 is 1.60 bits per heavy atom. The molecule has 0 bridgehead atoms. The number of benzene rings is 2. The molecular formula is C28H34N2O5. The van der Waals surface area contributed by atoms with E-state index in [1.165, 1.54) is 11.1 Å². The number of rotatable bonds is 10. The van der Waals surface area contributed by atoms with Crippen molar-refractivity contribution in [3.8, 4) is 11.1 Å². The highest BCUT2D eigenvalue weighted by molar-refractivity contribution is 5.83. The normalized spacial score (nSPS) is 16.7. The van der Waals surface area contributed by atoms with Crippen LogP contribution in [0.3, 0.4) is 0 Å². The fourth-order valence-electron chi connectivity index (χ4n) is 5.53. The van der Waals surface area contributed by atoms with E-state index in [2.05, 4.69) is 34.9 Å². The summed E-state index contributed by atoms with van der Waals surface area (Å²) in [5.74, 6) is -1.05. The molecule has 186 valence electrons. The van der Waals surface area contributed by atoms with Gasteiger partial charge >= 0.3 is 12.1 Å². The quantitative estimate of drug-likeness (QED) is 0.459. The molecule has 0 heterocycles. The molecule has 2 aliphatic carbocycles. The van der Waals surface area contributed by atoms with Gasteiger partial charge in [-0.2, -0.15) is 0 Å². The minimum atomic E-state index is -1.03. The fourth-order valence-corrected chi connectivity index (χ4v) is 5.53. The molecule has 0 spiro atoms. The van der Waals surface area contributed by atoms with Crippen LogP contribution in [0, 0.1) is 11.8 Å². The lowest BCUT2D eigenvalue weighted by atomic mass is 9.87. The summed E-state index contributed by atoms with van der Waals surface area (Å²) in [5, 5.41) is 14.7. The van der Waals surface area contributed by atoms with E-state index in [-0.39, 0.29) is 30.8 Å². The van der Waals surface area contributed by atoms with E-state index < -0.39 is 18.1 Å². The number of ether oxygens (including phenoxy) is 1. The van der Waals surface area contributed by atoms with E-state index in [0.29, 0.717) is 18.9 Å². The average Bonchev–Trinajstić information content (AvgIpc) is 3.50. The highest BCUT2D eigenvalue weighted by atomic mass is 16.5. The number of carbonyl (C=O) groups excluding carboxylic acids is 2. The van der Waals surface area contributed by atoms with Crippen molar-refractivity contribution in [2.24, 2.45) is 11.8 Å². The minimum Gasteiger partial charge on any atom is -0.480 e. The van der Waals surface area contributed by atoms with E-state index in [0.717, 1.165) is 36.8 Å². The molecule has 0 aromatic heterocycles. The monoisotopic (exact) mass is 478 g/mol. The van der Waals surface area contributed by atoms with Crippen LogP contribution in [0.4, 0.5) is 4.79 Å². The SMILES string of the molecule is CC[C@H](NC(=O)CC(CNC(=O)OCC1c2ccccc2-c2ccccc21)C1CCCC1)C(=O)O. The molecule has 4 rings (SSSR count). The zero-order valence-electron chi connectivity index (χ0n) is 20.2. The first-order valence-electron chi connectivity index (χ1n) is 12.6. The standard InChI is InChI=1S/C28H34N2O5/c1-2-25(27(32)33)30-26(31)15-19(18-9-3-4-10-18)16-29-28(34)35-17-24-22-13-7-5-11-20(22)21-12-6-8-14-23(21)24/h5-8,11-14,18-19,24-25H,2-4,9-10,15-17H2,1H3,(H,29,34)(H,30,31)(H,32,33)/t19?,25-/m0/s1. The molecule has 1 saturated carbocycles. The molecule has 2 aromatic rings. The number of hydrogen-bond acceptors (Lipinski definition) is 4. The fraction of sp³-hybridized carbons (Fsp3) is 0.464. The van der Waals surface area contributed by atoms with Crippen molar-refractivity contribution in [2.45, 2.75) is 57.4 Å². The lowest BCUT2D eigenvalue weighted by Crippen LogP contribution is -2.42. The van der Waals surface area contributed by atoms with E-state index in [9.17, 15) is 19.5 Å². The zero-order valence-corrected chi connectivity index (χ0v) is 20.2. The smallest absolute Gasteiger partial charge is 0.407 e. The Morgan fingerprint density at radius 1 is 1.00 bits per heavy atom. The number of nitrogens with one attached hydrogen (secondary N) is 2. The molecule has 1 unspecified atom stereocenters. The third kappa shape index (κ3) is 5.84. The van der Waals surface area contributed by atoms with Gasteiger partial charge in [0.15, 0.2) is 0 Å². The lowest BCUT2D eigenvalue weighted by molar-refractivity contribution is -0.142. The van der Waals surface area contributed by atoms with Crippen LogP contribution in [0.15, 0.2) is 48.5 Å². The Kier molecular flexibility index (Phi) is 8.06. The van der Waals surface area contributed by atoms with Crippen molar-refractivity contribution in [3.05, 3.63) is 59.7 Å². The van der Waals surface area contributed by atoms with Gasteiger partial charge in [0.1, 0.15) is 12.6 Å². The summed E-state index contributed by atoms with van der Waals surface area (Å²) in [5.41, 5.74) is 4.67. The first-order chi connectivity index (χ1) is 17.0. The van der Waals surface area contributed by atoms with Crippen molar-refractivity contribution in [2.75, 3.05) is 13.2 Å².